The highest BCUT2D eigenvalue weighted by Gasteiger charge is 2.33. The number of carboxylic acids is 1. The molecule has 4 N–H and O–H groups in total. The van der Waals surface area contributed by atoms with Gasteiger partial charge in [-0.15, -0.1) is 0 Å². The molecule has 0 aromatic heterocycles. The minimum absolute atomic E-state index is 1.03. The van der Waals surface area contributed by atoms with E-state index >= 15 is 0 Å². The van der Waals surface area contributed by atoms with Crippen LogP contribution in [-0.2, 0) is 4.79 Å². The van der Waals surface area contributed by atoms with E-state index in [4.69, 9.17) is 15.9 Å². The van der Waals surface area contributed by atoms with Crippen molar-refractivity contribution in [3.05, 3.63) is 0 Å². The molecule has 0 saturated carbocycles. The lowest BCUT2D eigenvalue weighted by Gasteiger charge is -2.21. The highest BCUT2D eigenvalue weighted by molar-refractivity contribution is 5.78. The molecule has 0 rings (SSSR count). The Morgan fingerprint density at radius 3 is 2.11 bits per heavy atom. The summed E-state index contributed by atoms with van der Waals surface area (Å²) in [6.45, 7) is 2.61. The summed E-state index contributed by atoms with van der Waals surface area (Å²) in [6.07, 6.45) is -1.03. The Balaban J connectivity index is 4.19. The SMILES string of the molecule is C[C@@H](O)[C@](C)(N)C(=O)O. The molecule has 54 valence electrons. The van der Waals surface area contributed by atoms with Gasteiger partial charge >= 0.3 is 5.97 Å². The topological polar surface area (TPSA) is 83.5 Å². The van der Waals surface area contributed by atoms with E-state index in [1.54, 1.807) is 0 Å². The van der Waals surface area contributed by atoms with Crippen molar-refractivity contribution in [2.45, 2.75) is 25.5 Å². The molecule has 2 atom stereocenters. The number of aliphatic hydroxyl groups excluding tert-OH is 1. The molecule has 0 heterocycles. The average molecular weight is 133 g/mol. The maximum Gasteiger partial charge on any atom is 0.326 e. The summed E-state index contributed by atoms with van der Waals surface area (Å²) in [7, 11) is 0. The number of rotatable bonds is 2. The fraction of sp³-hybridized carbons (Fsp3) is 0.800. The van der Waals surface area contributed by atoms with E-state index in [1.807, 2.05) is 0 Å². The Kier molecular flexibility index (Phi) is 2.17. The van der Waals surface area contributed by atoms with Crippen molar-refractivity contribution in [3.63, 3.8) is 0 Å². The fourth-order valence-corrected chi connectivity index (χ4v) is 0.179. The van der Waals surface area contributed by atoms with E-state index in [-0.39, 0.29) is 0 Å². The summed E-state index contributed by atoms with van der Waals surface area (Å²) in [6, 6.07) is 0. The molecule has 0 aliphatic heterocycles. The first-order chi connectivity index (χ1) is 3.89. The molecule has 0 aromatic carbocycles. The maximum absolute atomic E-state index is 10.2. The second-order valence-electron chi connectivity index (χ2n) is 2.26. The average Bonchev–Trinajstić information content (AvgIpc) is 1.65. The van der Waals surface area contributed by atoms with Crippen molar-refractivity contribution < 1.29 is 15.0 Å². The van der Waals surface area contributed by atoms with E-state index < -0.39 is 17.6 Å². The van der Waals surface area contributed by atoms with Gasteiger partial charge in [0, 0.05) is 0 Å². The van der Waals surface area contributed by atoms with Crippen LogP contribution in [0.2, 0.25) is 0 Å². The Morgan fingerprint density at radius 1 is 1.78 bits per heavy atom. The molecule has 0 spiro atoms. The fourth-order valence-electron chi connectivity index (χ4n) is 0.179. The monoisotopic (exact) mass is 133 g/mol. The number of nitrogens with two attached hydrogens (primary N) is 1. The third-order valence-corrected chi connectivity index (χ3v) is 1.33. The third-order valence-electron chi connectivity index (χ3n) is 1.33. The van der Waals surface area contributed by atoms with Crippen LogP contribution in [0.5, 0.6) is 0 Å². The molecule has 0 amide bonds. The first-order valence-electron chi connectivity index (χ1n) is 2.59. The quantitative estimate of drug-likeness (QED) is 0.459. The molecule has 0 radical (unpaired) electrons. The molecule has 0 aliphatic carbocycles. The van der Waals surface area contributed by atoms with Crippen molar-refractivity contribution in [2.75, 3.05) is 0 Å². The first kappa shape index (κ1) is 8.39. The lowest BCUT2D eigenvalue weighted by molar-refractivity contribution is -0.146. The van der Waals surface area contributed by atoms with Crippen molar-refractivity contribution in [2.24, 2.45) is 5.73 Å². The van der Waals surface area contributed by atoms with Crippen LogP contribution in [0.15, 0.2) is 0 Å². The van der Waals surface area contributed by atoms with E-state index in [0.29, 0.717) is 0 Å². The Bertz CT molecular complexity index is 119. The van der Waals surface area contributed by atoms with E-state index in [9.17, 15) is 4.79 Å². The van der Waals surface area contributed by atoms with Gasteiger partial charge in [-0.3, -0.25) is 4.79 Å². The zero-order valence-corrected chi connectivity index (χ0v) is 5.46. The van der Waals surface area contributed by atoms with E-state index in [0.717, 1.165) is 0 Å². The molecular formula is C5H11NO3. The molecule has 0 bridgehead atoms. The zero-order chi connectivity index (χ0) is 7.65. The lowest BCUT2D eigenvalue weighted by atomic mass is 9.98. The highest BCUT2D eigenvalue weighted by Crippen LogP contribution is 2.04. The van der Waals surface area contributed by atoms with Gasteiger partial charge in [-0.05, 0) is 13.8 Å². The smallest absolute Gasteiger partial charge is 0.326 e. The van der Waals surface area contributed by atoms with Gasteiger partial charge < -0.3 is 15.9 Å². The Hall–Kier alpha value is -0.610. The highest BCUT2D eigenvalue weighted by atomic mass is 16.4. The van der Waals surface area contributed by atoms with Crippen LogP contribution in [0.1, 0.15) is 13.8 Å². The van der Waals surface area contributed by atoms with Crippen molar-refractivity contribution >= 4 is 5.97 Å². The van der Waals surface area contributed by atoms with Gasteiger partial charge in [0.15, 0.2) is 0 Å². The summed E-state index contributed by atoms with van der Waals surface area (Å²) in [4.78, 5) is 10.2. The van der Waals surface area contributed by atoms with Gasteiger partial charge in [-0.1, -0.05) is 0 Å². The summed E-state index contributed by atoms with van der Waals surface area (Å²) < 4.78 is 0. The summed E-state index contributed by atoms with van der Waals surface area (Å²) >= 11 is 0. The molecule has 4 nitrogen and oxygen atoms in total. The lowest BCUT2D eigenvalue weighted by Crippen LogP contribution is -2.53. The number of hydrogen-bond acceptors (Lipinski definition) is 3. The predicted octanol–water partition coefficient (Wildman–Crippen LogP) is -0.831. The van der Waals surface area contributed by atoms with E-state index in [1.165, 1.54) is 13.8 Å². The van der Waals surface area contributed by atoms with Crippen molar-refractivity contribution in [3.8, 4) is 0 Å². The molecule has 0 aliphatic rings. The van der Waals surface area contributed by atoms with Gasteiger partial charge in [0.2, 0.25) is 0 Å². The van der Waals surface area contributed by atoms with Crippen LogP contribution in [0.3, 0.4) is 0 Å². The molecule has 0 saturated heterocycles. The molecule has 0 unspecified atom stereocenters. The van der Waals surface area contributed by atoms with Crippen molar-refractivity contribution in [1.29, 1.82) is 0 Å². The predicted molar refractivity (Wildman–Crippen MR) is 31.9 cm³/mol. The standard InChI is InChI=1S/C5H11NO3/c1-3(7)5(2,6)4(8)9/h3,7H,6H2,1-2H3,(H,8,9)/t3-,5+/m1/s1. The third kappa shape index (κ3) is 1.65. The molecule has 0 aromatic rings. The zero-order valence-electron chi connectivity index (χ0n) is 5.46. The number of carboxylic acid groups (broad SMARTS) is 1. The van der Waals surface area contributed by atoms with Crippen LogP contribution in [-0.4, -0.2) is 27.8 Å². The second-order valence-corrected chi connectivity index (χ2v) is 2.26. The van der Waals surface area contributed by atoms with Crippen LogP contribution in [0.25, 0.3) is 0 Å². The van der Waals surface area contributed by atoms with Gasteiger partial charge in [-0.25, -0.2) is 0 Å². The van der Waals surface area contributed by atoms with Gasteiger partial charge in [0.05, 0.1) is 6.10 Å². The molecule has 9 heavy (non-hydrogen) atoms. The number of hydrogen-bond donors (Lipinski definition) is 3. The molecular weight excluding hydrogens is 122 g/mol. The Labute approximate surface area is 53.3 Å². The second kappa shape index (κ2) is 2.33. The largest absolute Gasteiger partial charge is 0.480 e. The van der Waals surface area contributed by atoms with Gasteiger partial charge in [0.1, 0.15) is 5.54 Å². The summed E-state index contributed by atoms with van der Waals surface area (Å²) in [5.41, 5.74) is 3.62. The van der Waals surface area contributed by atoms with Crippen LogP contribution < -0.4 is 5.73 Å². The summed E-state index contributed by atoms with van der Waals surface area (Å²) in [5.74, 6) is -1.20. The minimum atomic E-state index is -1.53. The Morgan fingerprint density at radius 2 is 2.11 bits per heavy atom. The first-order valence-corrected chi connectivity index (χ1v) is 2.59. The number of aliphatic carboxylic acids is 1. The number of carbonyl (C=O) groups is 1. The van der Waals surface area contributed by atoms with Crippen LogP contribution in [0, 0.1) is 0 Å². The van der Waals surface area contributed by atoms with Gasteiger partial charge in [0.25, 0.3) is 0 Å². The van der Waals surface area contributed by atoms with Crippen LogP contribution >= 0.6 is 0 Å². The minimum Gasteiger partial charge on any atom is -0.480 e. The van der Waals surface area contributed by atoms with Crippen molar-refractivity contribution in [1.82, 2.24) is 0 Å². The van der Waals surface area contributed by atoms with E-state index in [2.05, 4.69) is 0 Å². The molecule has 0 fully saturated rings. The summed E-state index contributed by atoms with van der Waals surface area (Å²) in [5, 5.41) is 17.1. The normalized spacial score (nSPS) is 20.4. The maximum atomic E-state index is 10.2. The molecule has 4 heteroatoms. The number of aliphatic hydroxyl groups is 1. The van der Waals surface area contributed by atoms with Gasteiger partial charge in [-0.2, -0.15) is 0 Å². The van der Waals surface area contributed by atoms with Crippen LogP contribution in [0.4, 0.5) is 0 Å².